The largest absolute Gasteiger partial charge is 0.473 e. The first-order valence-electron chi connectivity index (χ1n) is 6.66. The van der Waals surface area contributed by atoms with Crippen LogP contribution < -0.4 is 15.6 Å². The van der Waals surface area contributed by atoms with Crippen molar-refractivity contribution in [1.29, 1.82) is 0 Å². The van der Waals surface area contributed by atoms with Gasteiger partial charge < -0.3 is 10.1 Å². The van der Waals surface area contributed by atoms with E-state index in [-0.39, 0.29) is 24.1 Å². The van der Waals surface area contributed by atoms with E-state index in [9.17, 15) is 9.59 Å². The first kappa shape index (κ1) is 14.1. The van der Waals surface area contributed by atoms with E-state index in [2.05, 4.69) is 26.3 Å². The topological polar surface area (TPSA) is 73.2 Å². The van der Waals surface area contributed by atoms with Crippen LogP contribution in [0.2, 0.25) is 0 Å². The van der Waals surface area contributed by atoms with E-state index < -0.39 is 0 Å². The molecule has 1 N–H and O–H groups in total. The van der Waals surface area contributed by atoms with Crippen molar-refractivity contribution in [2.45, 2.75) is 25.5 Å². The summed E-state index contributed by atoms with van der Waals surface area (Å²) >= 11 is 3.39. The van der Waals surface area contributed by atoms with Crippen molar-refractivity contribution in [3.8, 4) is 5.88 Å². The summed E-state index contributed by atoms with van der Waals surface area (Å²) in [6.45, 7) is -0.123. The quantitative estimate of drug-likeness (QED) is 0.904. The Balaban J connectivity index is 2.15. The average Bonchev–Trinajstić information content (AvgIpc) is 3.27. The fraction of sp³-hybridized carbons (Fsp3) is 0.357. The number of carbonyl (C=O) groups is 1. The van der Waals surface area contributed by atoms with Crippen LogP contribution in [0.15, 0.2) is 27.5 Å². The molecule has 1 fully saturated rings. The zero-order valence-corrected chi connectivity index (χ0v) is 13.0. The summed E-state index contributed by atoms with van der Waals surface area (Å²) in [7, 11) is 1.52. The van der Waals surface area contributed by atoms with Gasteiger partial charge in [0.15, 0.2) is 0 Å². The highest BCUT2D eigenvalue weighted by Crippen LogP contribution is 2.30. The molecule has 0 atom stereocenters. The highest BCUT2D eigenvalue weighted by atomic mass is 79.9. The zero-order chi connectivity index (χ0) is 15.0. The number of aromatic nitrogens is 2. The minimum Gasteiger partial charge on any atom is -0.473 e. The highest BCUT2D eigenvalue weighted by molar-refractivity contribution is 9.10. The molecule has 1 aromatic heterocycles. The van der Waals surface area contributed by atoms with Gasteiger partial charge in [-0.15, -0.1) is 5.10 Å². The van der Waals surface area contributed by atoms with Crippen molar-refractivity contribution in [3.05, 3.63) is 33.0 Å². The van der Waals surface area contributed by atoms with E-state index >= 15 is 0 Å². The average molecular weight is 352 g/mol. The van der Waals surface area contributed by atoms with Crippen molar-refractivity contribution in [1.82, 2.24) is 15.1 Å². The molecule has 1 saturated carbocycles. The van der Waals surface area contributed by atoms with E-state index in [4.69, 9.17) is 4.74 Å². The van der Waals surface area contributed by atoms with E-state index in [1.165, 1.54) is 7.05 Å². The number of hydrogen-bond donors (Lipinski definition) is 1. The molecule has 6 nitrogen and oxygen atoms in total. The SMILES string of the molecule is CNC(=O)Cn1nc(OC2CC2)c2cc(Br)ccc2c1=O. The first-order chi connectivity index (χ1) is 10.1. The van der Waals surface area contributed by atoms with Crippen LogP contribution in [0.1, 0.15) is 12.8 Å². The molecule has 21 heavy (non-hydrogen) atoms. The molecule has 1 aliphatic rings. The number of nitrogens with zero attached hydrogens (tertiary/aromatic N) is 2. The van der Waals surface area contributed by atoms with Gasteiger partial charge in [0.2, 0.25) is 11.8 Å². The Morgan fingerprint density at radius 3 is 2.90 bits per heavy atom. The normalized spacial score (nSPS) is 14.2. The van der Waals surface area contributed by atoms with Crippen LogP contribution in [0.3, 0.4) is 0 Å². The molecule has 7 heteroatoms. The number of hydrogen-bond acceptors (Lipinski definition) is 4. The van der Waals surface area contributed by atoms with Crippen LogP contribution in [0.5, 0.6) is 5.88 Å². The summed E-state index contributed by atoms with van der Waals surface area (Å²) in [5, 5.41) is 7.85. The molecule has 1 aliphatic carbocycles. The summed E-state index contributed by atoms with van der Waals surface area (Å²) < 4.78 is 7.77. The van der Waals surface area contributed by atoms with Crippen molar-refractivity contribution in [2.24, 2.45) is 0 Å². The van der Waals surface area contributed by atoms with E-state index in [0.717, 1.165) is 22.0 Å². The van der Waals surface area contributed by atoms with Crippen LogP contribution in [-0.4, -0.2) is 28.8 Å². The molecular formula is C14H14BrN3O3. The van der Waals surface area contributed by atoms with Gasteiger partial charge >= 0.3 is 0 Å². The summed E-state index contributed by atoms with van der Waals surface area (Å²) in [6, 6.07) is 5.31. The van der Waals surface area contributed by atoms with Gasteiger partial charge in [0, 0.05) is 11.5 Å². The number of likely N-dealkylation sites (N-methyl/N-ethyl adjacent to an activating group) is 1. The number of amides is 1. The second-order valence-corrected chi connectivity index (χ2v) is 5.86. The molecule has 1 heterocycles. The molecule has 3 rings (SSSR count). The van der Waals surface area contributed by atoms with Crippen molar-refractivity contribution < 1.29 is 9.53 Å². The van der Waals surface area contributed by atoms with Crippen molar-refractivity contribution >= 4 is 32.6 Å². The minimum atomic E-state index is -0.302. The molecule has 0 radical (unpaired) electrons. The molecular weight excluding hydrogens is 338 g/mol. The van der Waals surface area contributed by atoms with Crippen molar-refractivity contribution in [2.75, 3.05) is 7.05 Å². The fourth-order valence-electron chi connectivity index (χ4n) is 1.98. The molecule has 2 aromatic rings. The Bertz CT molecular complexity index is 768. The van der Waals surface area contributed by atoms with Gasteiger partial charge in [-0.2, -0.15) is 0 Å². The maximum absolute atomic E-state index is 12.4. The lowest BCUT2D eigenvalue weighted by atomic mass is 10.2. The van der Waals surface area contributed by atoms with Gasteiger partial charge in [-0.1, -0.05) is 15.9 Å². The molecule has 0 unspecified atom stereocenters. The Morgan fingerprint density at radius 1 is 1.48 bits per heavy atom. The van der Waals surface area contributed by atoms with Gasteiger partial charge in [-0.05, 0) is 31.0 Å². The lowest BCUT2D eigenvalue weighted by Gasteiger charge is -2.11. The van der Waals surface area contributed by atoms with Crippen LogP contribution >= 0.6 is 15.9 Å². The molecule has 0 bridgehead atoms. The maximum atomic E-state index is 12.4. The van der Waals surface area contributed by atoms with Crippen LogP contribution in [0.25, 0.3) is 10.8 Å². The second kappa shape index (κ2) is 5.48. The third-order valence-electron chi connectivity index (χ3n) is 3.26. The van der Waals surface area contributed by atoms with E-state index in [1.807, 2.05) is 6.07 Å². The number of benzene rings is 1. The number of carbonyl (C=O) groups excluding carboxylic acids is 1. The van der Waals surface area contributed by atoms with Gasteiger partial charge in [0.25, 0.3) is 5.56 Å². The first-order valence-corrected chi connectivity index (χ1v) is 7.45. The minimum absolute atomic E-state index is 0.123. The third kappa shape index (κ3) is 2.92. The van der Waals surface area contributed by atoms with E-state index in [0.29, 0.717) is 16.7 Å². The number of nitrogens with one attached hydrogen (secondary N) is 1. The lowest BCUT2D eigenvalue weighted by Crippen LogP contribution is -2.32. The predicted octanol–water partition coefficient (Wildman–Crippen LogP) is 1.45. The van der Waals surface area contributed by atoms with Gasteiger partial charge in [0.1, 0.15) is 12.6 Å². The number of fused-ring (bicyclic) bond motifs is 1. The number of rotatable bonds is 4. The Morgan fingerprint density at radius 2 is 2.24 bits per heavy atom. The number of ether oxygens (including phenoxy) is 1. The van der Waals surface area contributed by atoms with Gasteiger partial charge in [-0.25, -0.2) is 4.68 Å². The second-order valence-electron chi connectivity index (χ2n) is 4.95. The molecule has 1 aromatic carbocycles. The zero-order valence-electron chi connectivity index (χ0n) is 11.4. The predicted molar refractivity (Wildman–Crippen MR) is 81.4 cm³/mol. The van der Waals surface area contributed by atoms with Crippen LogP contribution in [-0.2, 0) is 11.3 Å². The van der Waals surface area contributed by atoms with Crippen LogP contribution in [0, 0.1) is 0 Å². The Hall–Kier alpha value is -1.89. The highest BCUT2D eigenvalue weighted by Gasteiger charge is 2.26. The van der Waals surface area contributed by atoms with Crippen molar-refractivity contribution in [3.63, 3.8) is 0 Å². The number of halogens is 1. The van der Waals surface area contributed by atoms with Crippen LogP contribution in [0.4, 0.5) is 0 Å². The Kier molecular flexibility index (Phi) is 3.67. The smallest absolute Gasteiger partial charge is 0.275 e. The summed E-state index contributed by atoms with van der Waals surface area (Å²) in [6.07, 6.45) is 2.14. The van der Waals surface area contributed by atoms with E-state index in [1.54, 1.807) is 12.1 Å². The molecule has 110 valence electrons. The molecule has 0 aliphatic heterocycles. The standard InChI is InChI=1S/C14H14BrN3O3/c1-16-12(19)7-18-14(20)10-5-2-8(15)6-11(10)13(17-18)21-9-3-4-9/h2,5-6,9H,3-4,7H2,1H3,(H,16,19). The Labute approximate surface area is 129 Å². The molecule has 0 spiro atoms. The lowest BCUT2D eigenvalue weighted by molar-refractivity contribution is -0.121. The van der Waals surface area contributed by atoms with Gasteiger partial charge in [-0.3, -0.25) is 9.59 Å². The molecule has 0 saturated heterocycles. The third-order valence-corrected chi connectivity index (χ3v) is 3.76. The summed E-state index contributed by atoms with van der Waals surface area (Å²) in [4.78, 5) is 23.9. The fourth-order valence-corrected chi connectivity index (χ4v) is 2.34. The maximum Gasteiger partial charge on any atom is 0.275 e. The summed E-state index contributed by atoms with van der Waals surface area (Å²) in [5.74, 6) is 0.121. The van der Waals surface area contributed by atoms with Gasteiger partial charge in [0.05, 0.1) is 10.8 Å². The molecule has 1 amide bonds. The monoisotopic (exact) mass is 351 g/mol. The summed E-state index contributed by atoms with van der Waals surface area (Å²) in [5.41, 5.74) is -0.302.